The van der Waals surface area contributed by atoms with Gasteiger partial charge in [-0.1, -0.05) is 78.9 Å². The van der Waals surface area contributed by atoms with Crippen LogP contribution < -0.4 is 0 Å². The molecule has 3 aromatic carbocycles. The molecule has 0 aliphatic carbocycles. The predicted molar refractivity (Wildman–Crippen MR) is 98.9 cm³/mol. The third kappa shape index (κ3) is 3.44. The van der Waals surface area contributed by atoms with Gasteiger partial charge >= 0.3 is 5.97 Å². The lowest BCUT2D eigenvalue weighted by Crippen LogP contribution is -2.03. The second-order valence-electron chi connectivity index (χ2n) is 5.67. The van der Waals surface area contributed by atoms with Crippen molar-refractivity contribution in [2.24, 2.45) is 0 Å². The molecular weight excluding hydrogens is 296 g/mol. The van der Waals surface area contributed by atoms with Gasteiger partial charge < -0.3 is 5.11 Å². The first-order valence-corrected chi connectivity index (χ1v) is 7.81. The standard InChI is InChI=1S/C22H18O2/c1-16-14-20(18-10-6-3-7-11-18)15-19(21(16)22(23)24)13-12-17-8-4-2-5-9-17/h2-15H,1H3,(H,23,24). The molecule has 0 saturated carbocycles. The first-order chi connectivity index (χ1) is 11.6. The van der Waals surface area contributed by atoms with E-state index in [1.807, 2.05) is 91.9 Å². The molecule has 0 fully saturated rings. The van der Waals surface area contributed by atoms with Crippen molar-refractivity contribution in [3.63, 3.8) is 0 Å². The van der Waals surface area contributed by atoms with E-state index in [1.165, 1.54) is 0 Å². The number of carboxylic acids is 1. The van der Waals surface area contributed by atoms with Crippen LogP contribution in [0.1, 0.15) is 27.0 Å². The Morgan fingerprint density at radius 3 is 2.08 bits per heavy atom. The minimum absolute atomic E-state index is 0.349. The first-order valence-electron chi connectivity index (χ1n) is 7.81. The van der Waals surface area contributed by atoms with Crippen molar-refractivity contribution >= 4 is 18.1 Å². The highest BCUT2D eigenvalue weighted by atomic mass is 16.4. The molecule has 2 nitrogen and oxygen atoms in total. The minimum Gasteiger partial charge on any atom is -0.478 e. The zero-order valence-corrected chi connectivity index (χ0v) is 13.4. The third-order valence-electron chi connectivity index (χ3n) is 3.94. The molecule has 3 aromatic rings. The molecule has 118 valence electrons. The van der Waals surface area contributed by atoms with Crippen molar-refractivity contribution in [3.8, 4) is 11.1 Å². The SMILES string of the molecule is Cc1cc(-c2ccccc2)cc(C=Cc2ccccc2)c1C(=O)O. The highest BCUT2D eigenvalue weighted by Gasteiger charge is 2.13. The Bertz CT molecular complexity index is 879. The van der Waals surface area contributed by atoms with Crippen LogP contribution in [0, 0.1) is 6.92 Å². The van der Waals surface area contributed by atoms with Gasteiger partial charge in [0.15, 0.2) is 0 Å². The Kier molecular flexibility index (Phi) is 4.57. The van der Waals surface area contributed by atoms with E-state index in [0.29, 0.717) is 11.1 Å². The van der Waals surface area contributed by atoms with Crippen LogP contribution in [0.5, 0.6) is 0 Å². The lowest BCUT2D eigenvalue weighted by atomic mass is 9.94. The van der Waals surface area contributed by atoms with E-state index in [4.69, 9.17) is 0 Å². The molecule has 0 amide bonds. The number of aryl methyl sites for hydroxylation is 1. The molecular formula is C22H18O2. The number of benzene rings is 3. The third-order valence-corrected chi connectivity index (χ3v) is 3.94. The molecule has 0 bridgehead atoms. The number of hydrogen-bond donors (Lipinski definition) is 1. The molecule has 0 aliphatic heterocycles. The lowest BCUT2D eigenvalue weighted by molar-refractivity contribution is 0.0696. The van der Waals surface area contributed by atoms with Crippen LogP contribution in [0.25, 0.3) is 23.3 Å². The molecule has 0 spiro atoms. The van der Waals surface area contributed by atoms with E-state index in [1.54, 1.807) is 0 Å². The highest BCUT2D eigenvalue weighted by Crippen LogP contribution is 2.27. The van der Waals surface area contributed by atoms with Gasteiger partial charge in [0.05, 0.1) is 5.56 Å². The van der Waals surface area contributed by atoms with Crippen molar-refractivity contribution in [1.29, 1.82) is 0 Å². The first kappa shape index (κ1) is 15.8. The Morgan fingerprint density at radius 2 is 1.46 bits per heavy atom. The maximum atomic E-state index is 11.7. The van der Waals surface area contributed by atoms with E-state index in [2.05, 4.69) is 0 Å². The van der Waals surface area contributed by atoms with Crippen LogP contribution in [-0.4, -0.2) is 11.1 Å². The Balaban J connectivity index is 2.10. The van der Waals surface area contributed by atoms with Crippen molar-refractivity contribution in [1.82, 2.24) is 0 Å². The Labute approximate surface area is 141 Å². The van der Waals surface area contributed by atoms with Crippen molar-refractivity contribution in [2.45, 2.75) is 6.92 Å². The summed E-state index contributed by atoms with van der Waals surface area (Å²) < 4.78 is 0. The average molecular weight is 314 g/mol. The van der Waals surface area contributed by atoms with Gasteiger partial charge in [-0.25, -0.2) is 4.79 Å². The molecule has 0 aromatic heterocycles. The van der Waals surface area contributed by atoms with Crippen LogP contribution in [0.2, 0.25) is 0 Å². The summed E-state index contributed by atoms with van der Waals surface area (Å²) in [7, 11) is 0. The molecule has 0 atom stereocenters. The summed E-state index contributed by atoms with van der Waals surface area (Å²) in [5.41, 5.74) is 4.96. The normalized spacial score (nSPS) is 10.9. The topological polar surface area (TPSA) is 37.3 Å². The molecule has 0 aliphatic rings. The van der Waals surface area contributed by atoms with Crippen molar-refractivity contribution in [3.05, 3.63) is 95.1 Å². The number of carboxylic acid groups (broad SMARTS) is 1. The second kappa shape index (κ2) is 6.97. The van der Waals surface area contributed by atoms with Crippen LogP contribution in [-0.2, 0) is 0 Å². The molecule has 0 saturated heterocycles. The van der Waals surface area contributed by atoms with Crippen molar-refractivity contribution in [2.75, 3.05) is 0 Å². The summed E-state index contributed by atoms with van der Waals surface area (Å²) >= 11 is 0. The van der Waals surface area contributed by atoms with Gasteiger partial charge in [-0.3, -0.25) is 0 Å². The van der Waals surface area contributed by atoms with Gasteiger partial charge in [-0.05, 0) is 40.8 Å². The van der Waals surface area contributed by atoms with Gasteiger partial charge in [-0.2, -0.15) is 0 Å². The van der Waals surface area contributed by atoms with E-state index in [9.17, 15) is 9.90 Å². The zero-order valence-electron chi connectivity index (χ0n) is 13.4. The van der Waals surface area contributed by atoms with Gasteiger partial charge in [0.2, 0.25) is 0 Å². The van der Waals surface area contributed by atoms with Crippen LogP contribution >= 0.6 is 0 Å². The molecule has 3 rings (SSSR count). The summed E-state index contributed by atoms with van der Waals surface area (Å²) in [5, 5.41) is 9.57. The maximum absolute atomic E-state index is 11.7. The second-order valence-corrected chi connectivity index (χ2v) is 5.67. The number of hydrogen-bond acceptors (Lipinski definition) is 1. The fourth-order valence-corrected chi connectivity index (χ4v) is 2.79. The quantitative estimate of drug-likeness (QED) is 0.643. The number of rotatable bonds is 4. The summed E-state index contributed by atoms with van der Waals surface area (Å²) in [6.07, 6.45) is 3.81. The molecule has 0 heterocycles. The van der Waals surface area contributed by atoms with Gasteiger partial charge in [0.25, 0.3) is 0 Å². The van der Waals surface area contributed by atoms with Crippen LogP contribution in [0.15, 0.2) is 72.8 Å². The van der Waals surface area contributed by atoms with Gasteiger partial charge in [0.1, 0.15) is 0 Å². The predicted octanol–water partition coefficient (Wildman–Crippen LogP) is 5.53. The fourth-order valence-electron chi connectivity index (χ4n) is 2.79. The Morgan fingerprint density at radius 1 is 0.833 bits per heavy atom. The molecule has 24 heavy (non-hydrogen) atoms. The van der Waals surface area contributed by atoms with Gasteiger partial charge in [0, 0.05) is 0 Å². The highest BCUT2D eigenvalue weighted by molar-refractivity contribution is 5.96. The van der Waals surface area contributed by atoms with E-state index < -0.39 is 5.97 Å². The van der Waals surface area contributed by atoms with Gasteiger partial charge in [-0.15, -0.1) is 0 Å². The van der Waals surface area contributed by atoms with Crippen LogP contribution in [0.4, 0.5) is 0 Å². The van der Waals surface area contributed by atoms with E-state index in [-0.39, 0.29) is 0 Å². The number of carbonyl (C=O) groups is 1. The largest absolute Gasteiger partial charge is 0.478 e. The maximum Gasteiger partial charge on any atom is 0.336 e. The number of aromatic carboxylic acids is 1. The Hall–Kier alpha value is -3.13. The smallest absolute Gasteiger partial charge is 0.336 e. The fraction of sp³-hybridized carbons (Fsp3) is 0.0455. The molecule has 0 radical (unpaired) electrons. The summed E-state index contributed by atoms with van der Waals surface area (Å²) in [4.78, 5) is 11.7. The van der Waals surface area contributed by atoms with E-state index in [0.717, 1.165) is 22.3 Å². The molecule has 1 N–H and O–H groups in total. The van der Waals surface area contributed by atoms with Crippen molar-refractivity contribution < 1.29 is 9.90 Å². The molecule has 0 unspecified atom stereocenters. The van der Waals surface area contributed by atoms with Crippen LogP contribution in [0.3, 0.4) is 0 Å². The summed E-state index contributed by atoms with van der Waals surface area (Å²) in [6.45, 7) is 1.84. The average Bonchev–Trinajstić information content (AvgIpc) is 2.60. The summed E-state index contributed by atoms with van der Waals surface area (Å²) in [5.74, 6) is -0.903. The zero-order chi connectivity index (χ0) is 16.9. The lowest BCUT2D eigenvalue weighted by Gasteiger charge is -2.10. The summed E-state index contributed by atoms with van der Waals surface area (Å²) in [6, 6.07) is 23.7. The minimum atomic E-state index is -0.903. The monoisotopic (exact) mass is 314 g/mol. The molecule has 2 heteroatoms. The van der Waals surface area contributed by atoms with E-state index >= 15 is 0 Å².